The van der Waals surface area contributed by atoms with Crippen molar-refractivity contribution in [1.82, 2.24) is 9.97 Å². The first-order valence-electron chi connectivity index (χ1n) is 15.2. The van der Waals surface area contributed by atoms with Crippen molar-refractivity contribution in [2.45, 2.75) is 79.2 Å². The lowest BCUT2D eigenvalue weighted by atomic mass is 9.89. The van der Waals surface area contributed by atoms with Crippen LogP contribution in [0, 0.1) is 11.8 Å². The lowest BCUT2D eigenvalue weighted by Crippen LogP contribution is -2.33. The molecule has 0 saturated carbocycles. The minimum absolute atomic E-state index is 0.0000350. The Hall–Kier alpha value is -3.99. The smallest absolute Gasteiger partial charge is 0.235 e. The molecule has 0 saturated heterocycles. The van der Waals surface area contributed by atoms with Gasteiger partial charge < -0.3 is 10.1 Å². The lowest BCUT2D eigenvalue weighted by molar-refractivity contribution is -0.119. The van der Waals surface area contributed by atoms with Crippen LogP contribution in [0.1, 0.15) is 89.8 Å². The van der Waals surface area contributed by atoms with E-state index in [1.54, 1.807) is 0 Å². The molecule has 3 aromatic carbocycles. The second-order valence-corrected chi connectivity index (χ2v) is 12.7. The Morgan fingerprint density at radius 1 is 0.667 bits per heavy atom. The molecule has 0 spiro atoms. The minimum Gasteiger partial charge on any atom is -0.483 e. The molecular formula is C37H43N3O2. The van der Waals surface area contributed by atoms with Gasteiger partial charge in [0.1, 0.15) is 11.9 Å². The highest BCUT2D eigenvalue weighted by Gasteiger charge is 2.33. The molecule has 0 bridgehead atoms. The van der Waals surface area contributed by atoms with Crippen LogP contribution >= 0.6 is 0 Å². The number of nitrogens with one attached hydrogen (secondary N) is 1. The van der Waals surface area contributed by atoms with Gasteiger partial charge in [-0.1, -0.05) is 85.7 Å². The molecule has 42 heavy (non-hydrogen) atoms. The topological polar surface area (TPSA) is 64.1 Å². The highest BCUT2D eigenvalue weighted by molar-refractivity contribution is 5.97. The SMILES string of the molecule is CC(C)C1=CC2Oc3ccc(C(C)C)cc3NC(=O)C2C=C1.CC(C)c1ccc2nc3cc(C(C)C)ccc3nc2c1. The van der Waals surface area contributed by atoms with Crippen LogP contribution < -0.4 is 10.1 Å². The van der Waals surface area contributed by atoms with Crippen LogP contribution in [0.3, 0.4) is 0 Å². The Bertz CT molecular complexity index is 1610. The number of benzene rings is 3. The van der Waals surface area contributed by atoms with Crippen LogP contribution in [-0.2, 0) is 4.79 Å². The average Bonchev–Trinajstić information content (AvgIpc) is 3.10. The quantitative estimate of drug-likeness (QED) is 0.252. The molecule has 6 rings (SSSR count). The van der Waals surface area contributed by atoms with E-state index in [2.05, 4.69) is 109 Å². The van der Waals surface area contributed by atoms with Crippen molar-refractivity contribution in [2.75, 3.05) is 5.32 Å². The molecule has 2 heterocycles. The van der Waals surface area contributed by atoms with Gasteiger partial charge in [-0.25, -0.2) is 9.97 Å². The Balaban J connectivity index is 0.000000169. The first-order chi connectivity index (χ1) is 20.0. The summed E-state index contributed by atoms with van der Waals surface area (Å²) in [4.78, 5) is 22.0. The molecule has 4 aromatic rings. The van der Waals surface area contributed by atoms with Crippen molar-refractivity contribution in [3.8, 4) is 5.75 Å². The van der Waals surface area contributed by atoms with Crippen LogP contribution in [0.15, 0.2) is 78.4 Å². The standard InChI is InChI=1S/C19H23NO2.C18H20N2/c1-11(2)13-6-8-17-16(9-13)20-19(21)15-7-5-14(12(3)4)10-18(15)22-17;1-11(2)13-5-7-15-17(9-13)19-16-8-6-14(12(3)4)10-18(16)20-15/h5-12,15,18H,1-4H3,(H,20,21);5-12H,1-4H3. The fourth-order valence-corrected chi connectivity index (χ4v) is 5.30. The third-order valence-corrected chi connectivity index (χ3v) is 8.18. The normalized spacial score (nSPS) is 17.9. The summed E-state index contributed by atoms with van der Waals surface area (Å²) in [5.74, 6) is 2.35. The zero-order chi connectivity index (χ0) is 30.1. The van der Waals surface area contributed by atoms with E-state index < -0.39 is 0 Å². The summed E-state index contributed by atoms with van der Waals surface area (Å²) in [6.45, 7) is 17.4. The maximum Gasteiger partial charge on any atom is 0.235 e. The van der Waals surface area contributed by atoms with Crippen LogP contribution in [0.2, 0.25) is 0 Å². The number of amides is 1. The number of hydrogen-bond acceptors (Lipinski definition) is 4. The minimum atomic E-state index is -0.266. The number of carbonyl (C=O) groups is 1. The van der Waals surface area contributed by atoms with Gasteiger partial charge in [-0.15, -0.1) is 0 Å². The molecule has 0 fully saturated rings. The van der Waals surface area contributed by atoms with Crippen molar-refractivity contribution < 1.29 is 9.53 Å². The summed E-state index contributed by atoms with van der Waals surface area (Å²) < 4.78 is 6.14. The number of anilines is 1. The van der Waals surface area contributed by atoms with Gasteiger partial charge in [-0.2, -0.15) is 0 Å². The molecule has 1 N–H and O–H groups in total. The molecule has 1 aliphatic carbocycles. The van der Waals surface area contributed by atoms with Crippen molar-refractivity contribution in [3.63, 3.8) is 0 Å². The van der Waals surface area contributed by atoms with Gasteiger partial charge in [-0.3, -0.25) is 4.79 Å². The highest BCUT2D eigenvalue weighted by atomic mass is 16.5. The van der Waals surface area contributed by atoms with Gasteiger partial charge in [0.15, 0.2) is 0 Å². The van der Waals surface area contributed by atoms with Gasteiger partial charge in [0, 0.05) is 0 Å². The Morgan fingerprint density at radius 3 is 1.71 bits per heavy atom. The second kappa shape index (κ2) is 12.1. The second-order valence-electron chi connectivity index (χ2n) is 12.7. The summed E-state index contributed by atoms with van der Waals surface area (Å²) in [5, 5.41) is 3.02. The number of rotatable bonds is 4. The predicted octanol–water partition coefficient (Wildman–Crippen LogP) is 9.31. The molecule has 2 unspecified atom stereocenters. The van der Waals surface area contributed by atoms with Crippen molar-refractivity contribution in [1.29, 1.82) is 0 Å². The van der Waals surface area contributed by atoms with Gasteiger partial charge >= 0.3 is 0 Å². The highest BCUT2D eigenvalue weighted by Crippen LogP contribution is 2.36. The van der Waals surface area contributed by atoms with Gasteiger partial charge in [-0.05, 0) is 88.4 Å². The first-order valence-corrected chi connectivity index (χ1v) is 15.2. The van der Waals surface area contributed by atoms with E-state index in [9.17, 15) is 4.79 Å². The monoisotopic (exact) mass is 561 g/mol. The number of hydrogen-bond donors (Lipinski definition) is 1. The molecule has 5 heteroatoms. The summed E-state index contributed by atoms with van der Waals surface area (Å²) in [6, 6.07) is 18.8. The van der Waals surface area contributed by atoms with E-state index >= 15 is 0 Å². The third kappa shape index (κ3) is 6.25. The number of aromatic nitrogens is 2. The molecule has 0 radical (unpaired) electrons. The van der Waals surface area contributed by atoms with Crippen LogP contribution in [0.25, 0.3) is 22.1 Å². The molecule has 1 amide bonds. The average molecular weight is 562 g/mol. The third-order valence-electron chi connectivity index (χ3n) is 8.18. The molecule has 5 nitrogen and oxygen atoms in total. The fourth-order valence-electron chi connectivity index (χ4n) is 5.30. The van der Waals surface area contributed by atoms with Crippen LogP contribution in [0.4, 0.5) is 5.69 Å². The van der Waals surface area contributed by atoms with Crippen molar-refractivity contribution in [3.05, 3.63) is 95.1 Å². The van der Waals surface area contributed by atoms with Gasteiger partial charge in [0.25, 0.3) is 0 Å². The van der Waals surface area contributed by atoms with E-state index in [0.717, 1.165) is 33.5 Å². The molecular weight excluding hydrogens is 518 g/mol. The van der Waals surface area contributed by atoms with Gasteiger partial charge in [0.05, 0.1) is 33.7 Å². The summed E-state index contributed by atoms with van der Waals surface area (Å²) in [5.41, 5.74) is 9.73. The van der Waals surface area contributed by atoms with Crippen molar-refractivity contribution >= 4 is 33.7 Å². The summed E-state index contributed by atoms with van der Waals surface area (Å²) in [6.07, 6.45) is 5.86. The van der Waals surface area contributed by atoms with Gasteiger partial charge in [0.2, 0.25) is 5.91 Å². The Labute approximate surface area is 250 Å². The fraction of sp³-hybridized carbons (Fsp3) is 0.378. The van der Waals surface area contributed by atoms with E-state index in [1.165, 1.54) is 22.3 Å². The number of nitrogens with zero attached hydrogens (tertiary/aromatic N) is 2. The van der Waals surface area contributed by atoms with Crippen molar-refractivity contribution in [2.24, 2.45) is 11.8 Å². The number of ether oxygens (including phenoxy) is 1. The Morgan fingerprint density at radius 2 is 1.19 bits per heavy atom. The van der Waals surface area contributed by atoms with E-state index in [1.807, 2.05) is 24.3 Å². The molecule has 2 atom stereocenters. The largest absolute Gasteiger partial charge is 0.483 e. The summed E-state index contributed by atoms with van der Waals surface area (Å²) >= 11 is 0. The number of carbonyl (C=O) groups excluding carboxylic acids is 1. The lowest BCUT2D eigenvalue weighted by Gasteiger charge is -2.24. The van der Waals surface area contributed by atoms with Crippen LogP contribution in [0.5, 0.6) is 5.75 Å². The molecule has 1 aromatic heterocycles. The molecule has 2 aliphatic rings. The number of fused-ring (bicyclic) bond motifs is 4. The molecule has 218 valence electrons. The zero-order valence-electron chi connectivity index (χ0n) is 26.1. The van der Waals surface area contributed by atoms with E-state index in [0.29, 0.717) is 23.7 Å². The van der Waals surface area contributed by atoms with E-state index in [4.69, 9.17) is 14.7 Å². The predicted molar refractivity (Wildman–Crippen MR) is 174 cm³/mol. The number of allylic oxidation sites excluding steroid dienone is 2. The van der Waals surface area contributed by atoms with E-state index in [-0.39, 0.29) is 17.9 Å². The maximum atomic E-state index is 12.5. The maximum absolute atomic E-state index is 12.5. The Kier molecular flexibility index (Phi) is 8.49. The first kappa shape index (κ1) is 29.5. The summed E-state index contributed by atoms with van der Waals surface area (Å²) in [7, 11) is 0. The zero-order valence-corrected chi connectivity index (χ0v) is 26.1. The van der Waals surface area contributed by atoms with Crippen LogP contribution in [-0.4, -0.2) is 22.0 Å². The molecule has 1 aliphatic heterocycles.